The average Bonchev–Trinajstić information content (AvgIpc) is 2.27. The van der Waals surface area contributed by atoms with Crippen molar-refractivity contribution < 1.29 is 0 Å². The highest BCUT2D eigenvalue weighted by Crippen LogP contribution is 2.45. The Bertz CT molecular complexity index is 577. The average molecular weight is 227 g/mol. The van der Waals surface area contributed by atoms with Gasteiger partial charge in [-0.1, -0.05) is 29.4 Å². The summed E-state index contributed by atoms with van der Waals surface area (Å²) < 4.78 is 0. The van der Waals surface area contributed by atoms with Crippen molar-refractivity contribution in [2.45, 2.75) is 32.6 Å². The third-order valence-electron chi connectivity index (χ3n) is 4.01. The minimum absolute atomic E-state index is 0.0199. The zero-order valence-corrected chi connectivity index (χ0v) is 10.3. The Balaban J connectivity index is 2.19. The van der Waals surface area contributed by atoms with Crippen LogP contribution in [0, 0.1) is 5.92 Å². The van der Waals surface area contributed by atoms with Gasteiger partial charge in [0.1, 0.15) is 0 Å². The Morgan fingerprint density at radius 2 is 2.18 bits per heavy atom. The molecule has 17 heavy (non-hydrogen) atoms. The van der Waals surface area contributed by atoms with Crippen LogP contribution in [-0.4, -0.2) is 4.98 Å². The molecule has 3 rings (SSSR count). The monoisotopic (exact) mass is 227 g/mol. The summed E-state index contributed by atoms with van der Waals surface area (Å²) in [7, 11) is 0. The topological polar surface area (TPSA) is 32.9 Å². The van der Waals surface area contributed by atoms with Gasteiger partial charge < -0.3 is 4.98 Å². The fourth-order valence-corrected chi connectivity index (χ4v) is 3.33. The van der Waals surface area contributed by atoms with Gasteiger partial charge in [0.15, 0.2) is 0 Å². The third kappa shape index (κ3) is 1.59. The van der Waals surface area contributed by atoms with Crippen LogP contribution < -0.4 is 5.56 Å². The van der Waals surface area contributed by atoms with Crippen LogP contribution in [0.25, 0.3) is 0 Å². The highest BCUT2D eigenvalue weighted by molar-refractivity contribution is 5.44. The summed E-state index contributed by atoms with van der Waals surface area (Å²) in [6.45, 7) is 4.34. The van der Waals surface area contributed by atoms with E-state index in [9.17, 15) is 4.79 Å². The Labute approximate surface area is 101 Å². The smallest absolute Gasteiger partial charge is 0.248 e. The lowest BCUT2D eigenvalue weighted by Gasteiger charge is -2.37. The zero-order valence-electron chi connectivity index (χ0n) is 10.3. The lowest BCUT2D eigenvalue weighted by atomic mass is 9.68. The molecule has 2 aliphatic carbocycles. The van der Waals surface area contributed by atoms with E-state index in [-0.39, 0.29) is 5.56 Å². The van der Waals surface area contributed by atoms with Gasteiger partial charge in [0.2, 0.25) is 5.56 Å². The molecule has 2 aliphatic rings. The normalized spacial score (nSPS) is 28.8. The summed E-state index contributed by atoms with van der Waals surface area (Å²) in [6.07, 6.45) is 6.65. The fourth-order valence-electron chi connectivity index (χ4n) is 3.33. The number of hydrogen-bond acceptors (Lipinski definition) is 1. The van der Waals surface area contributed by atoms with E-state index in [1.54, 1.807) is 6.07 Å². The molecule has 1 aromatic heterocycles. The molecule has 2 bridgehead atoms. The third-order valence-corrected chi connectivity index (χ3v) is 4.01. The highest BCUT2D eigenvalue weighted by Gasteiger charge is 2.33. The van der Waals surface area contributed by atoms with Gasteiger partial charge in [-0.15, -0.1) is 0 Å². The van der Waals surface area contributed by atoms with Crippen LogP contribution >= 0.6 is 0 Å². The first-order chi connectivity index (χ1) is 8.19. The van der Waals surface area contributed by atoms with E-state index in [2.05, 4.69) is 31.0 Å². The van der Waals surface area contributed by atoms with E-state index in [0.717, 1.165) is 18.5 Å². The summed E-state index contributed by atoms with van der Waals surface area (Å²) in [5.41, 5.74) is 5.48. The number of fused-ring (bicyclic) bond motifs is 4. The van der Waals surface area contributed by atoms with Crippen LogP contribution in [-0.2, 0) is 6.42 Å². The van der Waals surface area contributed by atoms with Gasteiger partial charge in [-0.05, 0) is 32.3 Å². The second-order valence-corrected chi connectivity index (χ2v) is 5.13. The number of rotatable bonds is 0. The van der Waals surface area contributed by atoms with Crippen LogP contribution in [0.15, 0.2) is 40.2 Å². The maximum atomic E-state index is 11.4. The zero-order chi connectivity index (χ0) is 12.0. The van der Waals surface area contributed by atoms with Crippen molar-refractivity contribution in [3.63, 3.8) is 0 Å². The standard InChI is InChI=1S/C15H17NO/c1-3-11-10-6-9(2)7-13(11)12-4-5-15(17)16-14(12)8-10/h3-6,10,13H,7-8H2,1-2H3,(H,16,17)/b11-3+. The molecule has 1 aromatic rings. The first-order valence-corrected chi connectivity index (χ1v) is 6.24. The Kier molecular flexibility index (Phi) is 2.32. The first kappa shape index (κ1) is 10.6. The molecule has 1 heterocycles. The van der Waals surface area contributed by atoms with Crippen molar-refractivity contribution in [3.05, 3.63) is 57.0 Å². The molecule has 88 valence electrons. The van der Waals surface area contributed by atoms with Gasteiger partial charge in [0.25, 0.3) is 0 Å². The Morgan fingerprint density at radius 1 is 1.35 bits per heavy atom. The minimum atomic E-state index is 0.0199. The Morgan fingerprint density at radius 3 is 2.94 bits per heavy atom. The van der Waals surface area contributed by atoms with E-state index < -0.39 is 0 Å². The van der Waals surface area contributed by atoms with Crippen molar-refractivity contribution >= 4 is 0 Å². The number of aromatic amines is 1. The molecule has 0 amide bonds. The summed E-state index contributed by atoms with van der Waals surface area (Å²) in [5, 5.41) is 0. The molecule has 2 nitrogen and oxygen atoms in total. The van der Waals surface area contributed by atoms with E-state index in [4.69, 9.17) is 0 Å². The van der Waals surface area contributed by atoms with Gasteiger partial charge in [-0.25, -0.2) is 0 Å². The molecular formula is C15H17NO. The van der Waals surface area contributed by atoms with E-state index in [1.165, 1.54) is 16.7 Å². The number of hydrogen-bond donors (Lipinski definition) is 1. The second kappa shape index (κ2) is 3.73. The molecule has 0 fully saturated rings. The van der Waals surface area contributed by atoms with Crippen LogP contribution in [0.3, 0.4) is 0 Å². The van der Waals surface area contributed by atoms with Crippen molar-refractivity contribution in [3.8, 4) is 0 Å². The fraction of sp³-hybridized carbons (Fsp3) is 0.400. The van der Waals surface area contributed by atoms with E-state index >= 15 is 0 Å². The minimum Gasteiger partial charge on any atom is -0.326 e. The number of nitrogens with one attached hydrogen (secondary N) is 1. The number of H-pyrrole nitrogens is 1. The predicted molar refractivity (Wildman–Crippen MR) is 69.1 cm³/mol. The van der Waals surface area contributed by atoms with Crippen LogP contribution in [0.4, 0.5) is 0 Å². The number of allylic oxidation sites excluding steroid dienone is 4. The van der Waals surface area contributed by atoms with Crippen LogP contribution in [0.5, 0.6) is 0 Å². The van der Waals surface area contributed by atoms with Gasteiger partial charge in [-0.3, -0.25) is 4.79 Å². The van der Waals surface area contributed by atoms with Gasteiger partial charge in [-0.2, -0.15) is 0 Å². The molecule has 0 saturated carbocycles. The summed E-state index contributed by atoms with van der Waals surface area (Å²) in [5.74, 6) is 0.972. The molecule has 2 unspecified atom stereocenters. The largest absolute Gasteiger partial charge is 0.326 e. The van der Waals surface area contributed by atoms with Crippen molar-refractivity contribution in [1.82, 2.24) is 4.98 Å². The molecule has 0 saturated heterocycles. The second-order valence-electron chi connectivity index (χ2n) is 5.13. The molecule has 0 aliphatic heterocycles. The van der Waals surface area contributed by atoms with E-state index in [1.807, 2.05) is 6.07 Å². The lowest BCUT2D eigenvalue weighted by Crippen LogP contribution is -2.27. The number of aromatic nitrogens is 1. The van der Waals surface area contributed by atoms with Crippen molar-refractivity contribution in [2.75, 3.05) is 0 Å². The van der Waals surface area contributed by atoms with Crippen LogP contribution in [0.2, 0.25) is 0 Å². The van der Waals surface area contributed by atoms with Gasteiger partial charge in [0.05, 0.1) is 0 Å². The molecular weight excluding hydrogens is 210 g/mol. The molecule has 2 heteroatoms. The summed E-state index contributed by atoms with van der Waals surface area (Å²) >= 11 is 0. The molecule has 2 atom stereocenters. The predicted octanol–water partition coefficient (Wildman–Crippen LogP) is 2.93. The summed E-state index contributed by atoms with van der Waals surface area (Å²) in [6, 6.07) is 3.66. The molecule has 1 N–H and O–H groups in total. The van der Waals surface area contributed by atoms with Gasteiger partial charge in [0, 0.05) is 23.6 Å². The number of pyridine rings is 1. The lowest BCUT2D eigenvalue weighted by molar-refractivity contribution is 0.552. The SMILES string of the molecule is C/C=C1\C2C=C(C)CC1c1ccc(=O)[nH]c1C2. The summed E-state index contributed by atoms with van der Waals surface area (Å²) in [4.78, 5) is 14.4. The molecule has 0 radical (unpaired) electrons. The van der Waals surface area contributed by atoms with E-state index in [0.29, 0.717) is 11.8 Å². The quantitative estimate of drug-likeness (QED) is 0.679. The maximum absolute atomic E-state index is 11.4. The van der Waals surface area contributed by atoms with Gasteiger partial charge >= 0.3 is 0 Å². The molecule has 0 spiro atoms. The van der Waals surface area contributed by atoms with Crippen molar-refractivity contribution in [2.24, 2.45) is 5.92 Å². The Hall–Kier alpha value is -1.57. The highest BCUT2D eigenvalue weighted by atomic mass is 16.1. The van der Waals surface area contributed by atoms with Crippen molar-refractivity contribution in [1.29, 1.82) is 0 Å². The maximum Gasteiger partial charge on any atom is 0.248 e. The van der Waals surface area contributed by atoms with Crippen LogP contribution in [0.1, 0.15) is 37.4 Å². The molecule has 0 aromatic carbocycles. The first-order valence-electron chi connectivity index (χ1n) is 6.24.